The molecule has 6 heteroatoms. The van der Waals surface area contributed by atoms with Gasteiger partial charge in [0.1, 0.15) is 6.04 Å². The summed E-state index contributed by atoms with van der Waals surface area (Å²) < 4.78 is 0. The first-order chi connectivity index (χ1) is 17.4. The molecular formula is C30H33N3O3. The predicted molar refractivity (Wildman–Crippen MR) is 141 cm³/mol. The molecule has 0 radical (unpaired) electrons. The number of amides is 3. The molecule has 3 aromatic rings. The van der Waals surface area contributed by atoms with Crippen LogP contribution in [0.3, 0.4) is 0 Å². The minimum atomic E-state index is -0.483. The first-order valence-electron chi connectivity index (χ1n) is 12.8. The largest absolute Gasteiger partial charge is 0.350 e. The number of carbonyl (C=O) groups is 3. The molecule has 186 valence electrons. The Bertz CT molecular complexity index is 1300. The number of rotatable bonds is 5. The summed E-state index contributed by atoms with van der Waals surface area (Å²) in [6.45, 7) is 0.317. The van der Waals surface area contributed by atoms with E-state index in [0.29, 0.717) is 30.0 Å². The first-order valence-corrected chi connectivity index (χ1v) is 12.8. The van der Waals surface area contributed by atoms with Crippen molar-refractivity contribution in [2.24, 2.45) is 5.92 Å². The fraction of sp³-hybridized carbons (Fsp3) is 0.367. The molecule has 3 atom stereocenters. The molecule has 1 heterocycles. The number of likely N-dealkylation sites (tertiary alicyclic amines) is 1. The standard InChI is InChI=1S/C30H33N3O3/c1-32(2)29(35)24-12-7-8-20(16-24)19-31-28(34)27-18-23-11-5-6-13-26(23)33(27)30(36)25-15-14-21-9-3-4-10-22(21)17-25/h3-4,7-10,12,14-17,23,26-27H,5-6,11,13,18-19H2,1-2H3,(H,31,34)/t23-,26-,27-/m0/s1. The third-order valence-corrected chi connectivity index (χ3v) is 7.67. The molecular weight excluding hydrogens is 450 g/mol. The number of nitrogens with zero attached hydrogens (tertiary/aromatic N) is 2. The van der Waals surface area contributed by atoms with Crippen LogP contribution in [0.25, 0.3) is 10.8 Å². The zero-order valence-corrected chi connectivity index (χ0v) is 20.9. The summed E-state index contributed by atoms with van der Waals surface area (Å²) in [5.74, 6) is 0.104. The van der Waals surface area contributed by atoms with E-state index in [0.717, 1.165) is 42.0 Å². The van der Waals surface area contributed by atoms with E-state index in [2.05, 4.69) is 5.32 Å². The van der Waals surface area contributed by atoms with E-state index in [1.165, 1.54) is 4.90 Å². The summed E-state index contributed by atoms with van der Waals surface area (Å²) in [6.07, 6.45) is 4.95. The van der Waals surface area contributed by atoms with Crippen LogP contribution in [0.15, 0.2) is 66.7 Å². The summed E-state index contributed by atoms with van der Waals surface area (Å²) in [5, 5.41) is 5.17. The lowest BCUT2D eigenvalue weighted by Crippen LogP contribution is -2.49. The lowest BCUT2D eigenvalue weighted by atomic mass is 9.84. The van der Waals surface area contributed by atoms with Gasteiger partial charge in [0, 0.05) is 37.8 Å². The monoisotopic (exact) mass is 483 g/mol. The van der Waals surface area contributed by atoms with Crippen LogP contribution in [0.5, 0.6) is 0 Å². The van der Waals surface area contributed by atoms with E-state index in [9.17, 15) is 14.4 Å². The van der Waals surface area contributed by atoms with E-state index < -0.39 is 6.04 Å². The third-order valence-electron chi connectivity index (χ3n) is 7.67. The van der Waals surface area contributed by atoms with Gasteiger partial charge in [-0.25, -0.2) is 0 Å². The van der Waals surface area contributed by atoms with Crippen molar-refractivity contribution in [3.05, 3.63) is 83.4 Å². The number of hydrogen-bond donors (Lipinski definition) is 1. The Labute approximate surface area is 212 Å². The van der Waals surface area contributed by atoms with Crippen LogP contribution in [0.2, 0.25) is 0 Å². The highest BCUT2D eigenvalue weighted by molar-refractivity contribution is 6.01. The molecule has 3 amide bonds. The Kier molecular flexibility index (Phi) is 6.77. The molecule has 1 aliphatic carbocycles. The molecule has 1 aliphatic heterocycles. The topological polar surface area (TPSA) is 69.7 Å². The number of carbonyl (C=O) groups excluding carboxylic acids is 3. The molecule has 3 aromatic carbocycles. The van der Waals surface area contributed by atoms with Crippen LogP contribution >= 0.6 is 0 Å². The van der Waals surface area contributed by atoms with E-state index in [-0.39, 0.29) is 23.8 Å². The van der Waals surface area contributed by atoms with Crippen LogP contribution in [-0.2, 0) is 11.3 Å². The van der Waals surface area contributed by atoms with Gasteiger partial charge < -0.3 is 15.1 Å². The molecule has 1 N–H and O–H groups in total. The molecule has 0 unspecified atom stereocenters. The highest BCUT2D eigenvalue weighted by atomic mass is 16.2. The lowest BCUT2D eigenvalue weighted by Gasteiger charge is -2.33. The Morgan fingerprint density at radius 3 is 2.47 bits per heavy atom. The highest BCUT2D eigenvalue weighted by Crippen LogP contribution is 2.40. The molecule has 1 saturated heterocycles. The van der Waals surface area contributed by atoms with Gasteiger partial charge in [0.25, 0.3) is 11.8 Å². The van der Waals surface area contributed by atoms with Gasteiger partial charge in [0.2, 0.25) is 5.91 Å². The summed E-state index contributed by atoms with van der Waals surface area (Å²) >= 11 is 0. The van der Waals surface area contributed by atoms with Gasteiger partial charge in [0.15, 0.2) is 0 Å². The summed E-state index contributed by atoms with van der Waals surface area (Å²) in [6, 6.07) is 20.8. The van der Waals surface area contributed by atoms with Crippen LogP contribution in [0, 0.1) is 5.92 Å². The molecule has 0 bridgehead atoms. The lowest BCUT2D eigenvalue weighted by molar-refractivity contribution is -0.125. The molecule has 0 spiro atoms. The number of hydrogen-bond acceptors (Lipinski definition) is 3. The van der Waals surface area contributed by atoms with E-state index in [4.69, 9.17) is 0 Å². The van der Waals surface area contributed by atoms with Crippen LogP contribution < -0.4 is 5.32 Å². The predicted octanol–water partition coefficient (Wildman–Crippen LogP) is 4.63. The Morgan fingerprint density at radius 2 is 1.67 bits per heavy atom. The Balaban J connectivity index is 1.36. The fourth-order valence-corrected chi connectivity index (χ4v) is 5.84. The normalized spacial score (nSPS) is 21.2. The van der Waals surface area contributed by atoms with Gasteiger partial charge in [-0.1, -0.05) is 55.3 Å². The van der Waals surface area contributed by atoms with Crippen molar-refractivity contribution in [2.75, 3.05) is 14.1 Å². The van der Waals surface area contributed by atoms with Crippen molar-refractivity contribution in [2.45, 2.75) is 50.7 Å². The van der Waals surface area contributed by atoms with Crippen molar-refractivity contribution in [1.82, 2.24) is 15.1 Å². The second-order valence-electron chi connectivity index (χ2n) is 10.3. The van der Waals surface area contributed by atoms with Gasteiger partial charge in [-0.2, -0.15) is 0 Å². The minimum absolute atomic E-state index is 0.0612. The van der Waals surface area contributed by atoms with E-state index in [1.807, 2.05) is 65.6 Å². The molecule has 2 aliphatic rings. The van der Waals surface area contributed by atoms with Crippen LogP contribution in [0.1, 0.15) is 58.4 Å². The van der Waals surface area contributed by atoms with Crippen molar-refractivity contribution < 1.29 is 14.4 Å². The Morgan fingerprint density at radius 1 is 0.889 bits per heavy atom. The van der Waals surface area contributed by atoms with Crippen LogP contribution in [-0.4, -0.2) is 53.7 Å². The summed E-state index contributed by atoms with van der Waals surface area (Å²) in [7, 11) is 3.44. The maximum Gasteiger partial charge on any atom is 0.254 e. The van der Waals surface area contributed by atoms with E-state index >= 15 is 0 Å². The second kappa shape index (κ2) is 10.1. The van der Waals surface area contributed by atoms with Gasteiger partial charge in [-0.05, 0) is 65.8 Å². The molecule has 0 aromatic heterocycles. The average Bonchev–Trinajstić information content (AvgIpc) is 3.30. The van der Waals surface area contributed by atoms with Crippen molar-refractivity contribution in [3.8, 4) is 0 Å². The zero-order chi connectivity index (χ0) is 25.2. The molecule has 2 fully saturated rings. The fourth-order valence-electron chi connectivity index (χ4n) is 5.84. The average molecular weight is 484 g/mol. The number of benzene rings is 3. The highest BCUT2D eigenvalue weighted by Gasteiger charge is 2.47. The molecule has 1 saturated carbocycles. The minimum Gasteiger partial charge on any atom is -0.350 e. The quantitative estimate of drug-likeness (QED) is 0.575. The van der Waals surface area contributed by atoms with Gasteiger partial charge in [-0.15, -0.1) is 0 Å². The van der Waals surface area contributed by atoms with E-state index in [1.54, 1.807) is 20.2 Å². The number of nitrogens with one attached hydrogen (secondary N) is 1. The van der Waals surface area contributed by atoms with Gasteiger partial charge in [-0.3, -0.25) is 14.4 Å². The third kappa shape index (κ3) is 4.72. The number of fused-ring (bicyclic) bond motifs is 2. The SMILES string of the molecule is CN(C)C(=O)c1cccc(CNC(=O)[C@@H]2C[C@@H]3CCCC[C@@H]3N2C(=O)c2ccc3ccccc3c2)c1. The van der Waals surface area contributed by atoms with Gasteiger partial charge >= 0.3 is 0 Å². The Hall–Kier alpha value is -3.67. The van der Waals surface area contributed by atoms with Crippen molar-refractivity contribution >= 4 is 28.5 Å². The van der Waals surface area contributed by atoms with Crippen molar-refractivity contribution in [1.29, 1.82) is 0 Å². The summed E-state index contributed by atoms with van der Waals surface area (Å²) in [5.41, 5.74) is 2.08. The molecule has 6 nitrogen and oxygen atoms in total. The van der Waals surface area contributed by atoms with Crippen molar-refractivity contribution in [3.63, 3.8) is 0 Å². The van der Waals surface area contributed by atoms with Crippen LogP contribution in [0.4, 0.5) is 0 Å². The maximum atomic E-state index is 13.8. The summed E-state index contributed by atoms with van der Waals surface area (Å²) in [4.78, 5) is 43.0. The second-order valence-corrected chi connectivity index (χ2v) is 10.3. The maximum absolute atomic E-state index is 13.8. The smallest absolute Gasteiger partial charge is 0.254 e. The zero-order valence-electron chi connectivity index (χ0n) is 20.9. The molecule has 5 rings (SSSR count). The van der Waals surface area contributed by atoms with Gasteiger partial charge in [0.05, 0.1) is 0 Å². The first kappa shape index (κ1) is 24.0. The molecule has 36 heavy (non-hydrogen) atoms.